The van der Waals surface area contributed by atoms with Crippen molar-refractivity contribution in [2.24, 2.45) is 5.73 Å². The Bertz CT molecular complexity index is 435. The van der Waals surface area contributed by atoms with Crippen LogP contribution in [0, 0.1) is 0 Å². The van der Waals surface area contributed by atoms with Gasteiger partial charge in [-0.15, -0.1) is 0 Å². The number of amides is 3. The molecule has 6 heteroatoms. The number of nitrogens with one attached hydrogen (secondary N) is 1. The van der Waals surface area contributed by atoms with Crippen molar-refractivity contribution in [1.82, 2.24) is 5.32 Å². The zero-order valence-corrected chi connectivity index (χ0v) is 9.40. The van der Waals surface area contributed by atoms with Crippen molar-refractivity contribution in [2.75, 3.05) is 18.6 Å². The van der Waals surface area contributed by atoms with Crippen LogP contribution in [-0.4, -0.2) is 25.6 Å². The van der Waals surface area contributed by atoms with Crippen LogP contribution in [0.15, 0.2) is 18.2 Å². The van der Waals surface area contributed by atoms with Crippen LogP contribution in [0.25, 0.3) is 0 Å². The molecule has 3 amide bonds. The summed E-state index contributed by atoms with van der Waals surface area (Å²) in [5.74, 6) is 0.146. The number of carbonyl (C=O) groups excluding carboxylic acids is 2. The number of nitrogens with two attached hydrogens (primary N) is 1. The van der Waals surface area contributed by atoms with Gasteiger partial charge >= 0.3 is 6.03 Å². The minimum atomic E-state index is -0.450. The lowest BCUT2D eigenvalue weighted by atomic mass is 10.1. The van der Waals surface area contributed by atoms with E-state index in [1.54, 1.807) is 18.2 Å². The standard InChI is InChI=1S/C11H13N3O3/c1-17-8-4-2-3-7(5-12)10(8)14-9(15)6-13-11(14)16/h2-4H,5-6,12H2,1H3,(H,13,16). The number of ether oxygens (including phenoxy) is 1. The number of hydrogen-bond acceptors (Lipinski definition) is 4. The normalized spacial score (nSPS) is 15.1. The fourth-order valence-electron chi connectivity index (χ4n) is 1.80. The monoisotopic (exact) mass is 235 g/mol. The molecule has 2 rings (SSSR count). The summed E-state index contributed by atoms with van der Waals surface area (Å²) in [6.07, 6.45) is 0. The molecule has 0 aromatic heterocycles. The van der Waals surface area contributed by atoms with Gasteiger partial charge in [0.15, 0.2) is 0 Å². The average Bonchev–Trinajstić information content (AvgIpc) is 2.68. The number of hydrogen-bond donors (Lipinski definition) is 2. The third-order valence-corrected chi connectivity index (χ3v) is 2.59. The number of benzene rings is 1. The highest BCUT2D eigenvalue weighted by molar-refractivity contribution is 6.20. The number of anilines is 1. The molecule has 6 nitrogen and oxygen atoms in total. The molecule has 1 heterocycles. The lowest BCUT2D eigenvalue weighted by Crippen LogP contribution is -2.32. The molecule has 1 saturated heterocycles. The number of urea groups is 1. The maximum atomic E-state index is 11.7. The van der Waals surface area contributed by atoms with E-state index in [-0.39, 0.29) is 19.0 Å². The maximum Gasteiger partial charge on any atom is 0.329 e. The van der Waals surface area contributed by atoms with Crippen molar-refractivity contribution >= 4 is 17.6 Å². The Morgan fingerprint density at radius 3 is 2.76 bits per heavy atom. The summed E-state index contributed by atoms with van der Waals surface area (Å²) in [6.45, 7) is 0.227. The Balaban J connectivity index is 2.56. The van der Waals surface area contributed by atoms with Gasteiger partial charge in [-0.25, -0.2) is 9.69 Å². The average molecular weight is 235 g/mol. The summed E-state index contributed by atoms with van der Waals surface area (Å²) in [7, 11) is 1.48. The van der Waals surface area contributed by atoms with Crippen LogP contribution in [0.5, 0.6) is 5.75 Å². The molecule has 1 aromatic rings. The predicted molar refractivity (Wildman–Crippen MR) is 61.8 cm³/mol. The van der Waals surface area contributed by atoms with E-state index >= 15 is 0 Å². The summed E-state index contributed by atoms with van der Waals surface area (Å²) in [5.41, 5.74) is 6.73. The fraction of sp³-hybridized carbons (Fsp3) is 0.273. The molecular weight excluding hydrogens is 222 g/mol. The molecular formula is C11H13N3O3. The van der Waals surface area contributed by atoms with Crippen LogP contribution in [-0.2, 0) is 11.3 Å². The van der Waals surface area contributed by atoms with Gasteiger partial charge in [-0.2, -0.15) is 0 Å². The first-order valence-electron chi connectivity index (χ1n) is 5.15. The second kappa shape index (κ2) is 4.42. The zero-order chi connectivity index (χ0) is 12.4. The summed E-state index contributed by atoms with van der Waals surface area (Å²) in [6, 6.07) is 4.77. The van der Waals surface area contributed by atoms with Crippen molar-refractivity contribution in [3.8, 4) is 5.75 Å². The third kappa shape index (κ3) is 1.83. The number of methoxy groups -OCH3 is 1. The van der Waals surface area contributed by atoms with E-state index in [1.807, 2.05) is 0 Å². The van der Waals surface area contributed by atoms with E-state index in [2.05, 4.69) is 5.32 Å². The highest BCUT2D eigenvalue weighted by atomic mass is 16.5. The van der Waals surface area contributed by atoms with Crippen molar-refractivity contribution in [3.63, 3.8) is 0 Å². The Labute approximate surface area is 98.3 Å². The van der Waals surface area contributed by atoms with Gasteiger partial charge in [-0.05, 0) is 11.6 Å². The number of rotatable bonds is 3. The summed E-state index contributed by atoms with van der Waals surface area (Å²) in [4.78, 5) is 24.4. The summed E-state index contributed by atoms with van der Waals surface area (Å²) < 4.78 is 5.17. The van der Waals surface area contributed by atoms with Crippen LogP contribution in [0.3, 0.4) is 0 Å². The lowest BCUT2D eigenvalue weighted by Gasteiger charge is -2.19. The highest BCUT2D eigenvalue weighted by Crippen LogP contribution is 2.33. The van der Waals surface area contributed by atoms with Crippen molar-refractivity contribution in [2.45, 2.75) is 6.54 Å². The molecule has 0 aliphatic carbocycles. The van der Waals surface area contributed by atoms with E-state index < -0.39 is 6.03 Å². The number of nitrogens with zero attached hydrogens (tertiary/aromatic N) is 1. The number of carbonyl (C=O) groups is 2. The SMILES string of the molecule is COc1cccc(CN)c1N1C(=O)CNC1=O. The van der Waals surface area contributed by atoms with Crippen molar-refractivity contribution < 1.29 is 14.3 Å². The van der Waals surface area contributed by atoms with Gasteiger partial charge in [-0.3, -0.25) is 4.79 Å². The van der Waals surface area contributed by atoms with Gasteiger partial charge in [0.25, 0.3) is 5.91 Å². The molecule has 90 valence electrons. The third-order valence-electron chi connectivity index (χ3n) is 2.59. The topological polar surface area (TPSA) is 84.7 Å². The molecule has 0 bridgehead atoms. The molecule has 0 unspecified atom stereocenters. The Morgan fingerprint density at radius 1 is 1.47 bits per heavy atom. The Morgan fingerprint density at radius 2 is 2.24 bits per heavy atom. The second-order valence-electron chi connectivity index (χ2n) is 3.56. The molecule has 1 aliphatic rings. The van der Waals surface area contributed by atoms with E-state index in [9.17, 15) is 9.59 Å². The summed E-state index contributed by atoms with van der Waals surface area (Å²) in [5, 5.41) is 2.46. The van der Waals surface area contributed by atoms with E-state index in [4.69, 9.17) is 10.5 Å². The fourth-order valence-corrected chi connectivity index (χ4v) is 1.80. The molecule has 0 saturated carbocycles. The van der Waals surface area contributed by atoms with Crippen molar-refractivity contribution in [1.29, 1.82) is 0 Å². The number of para-hydroxylation sites is 1. The quantitative estimate of drug-likeness (QED) is 0.733. The highest BCUT2D eigenvalue weighted by Gasteiger charge is 2.33. The first-order chi connectivity index (χ1) is 8.19. The molecule has 1 aliphatic heterocycles. The van der Waals surface area contributed by atoms with Crippen LogP contribution in [0.4, 0.5) is 10.5 Å². The first kappa shape index (κ1) is 11.4. The Kier molecular flexibility index (Phi) is 2.97. The van der Waals surface area contributed by atoms with E-state index in [0.717, 1.165) is 4.90 Å². The van der Waals surface area contributed by atoms with Gasteiger partial charge in [0, 0.05) is 6.54 Å². The molecule has 17 heavy (non-hydrogen) atoms. The Hall–Kier alpha value is -2.08. The predicted octanol–water partition coefficient (Wildman–Crippen LogP) is 0.210. The van der Waals surface area contributed by atoms with Gasteiger partial charge in [-0.1, -0.05) is 12.1 Å². The van der Waals surface area contributed by atoms with Crippen LogP contribution in [0.1, 0.15) is 5.56 Å². The molecule has 0 spiro atoms. The van der Waals surface area contributed by atoms with Crippen molar-refractivity contribution in [3.05, 3.63) is 23.8 Å². The lowest BCUT2D eigenvalue weighted by molar-refractivity contribution is -0.115. The molecule has 1 aromatic carbocycles. The van der Waals surface area contributed by atoms with Gasteiger partial charge < -0.3 is 15.8 Å². The van der Waals surface area contributed by atoms with Crippen LogP contribution in [0.2, 0.25) is 0 Å². The van der Waals surface area contributed by atoms with Gasteiger partial charge in [0.2, 0.25) is 0 Å². The first-order valence-corrected chi connectivity index (χ1v) is 5.15. The largest absolute Gasteiger partial charge is 0.495 e. The molecule has 0 radical (unpaired) electrons. The van der Waals surface area contributed by atoms with Gasteiger partial charge in [0.1, 0.15) is 11.4 Å². The second-order valence-corrected chi connectivity index (χ2v) is 3.56. The van der Waals surface area contributed by atoms with E-state index in [0.29, 0.717) is 17.0 Å². The molecule has 3 N–H and O–H groups in total. The summed E-state index contributed by atoms with van der Waals surface area (Å²) >= 11 is 0. The maximum absolute atomic E-state index is 11.7. The smallest absolute Gasteiger partial charge is 0.329 e. The number of imide groups is 1. The van der Waals surface area contributed by atoms with Crippen LogP contribution >= 0.6 is 0 Å². The minimum absolute atomic E-state index is 0.000886. The van der Waals surface area contributed by atoms with E-state index in [1.165, 1.54) is 7.11 Å². The molecule has 0 atom stereocenters. The van der Waals surface area contributed by atoms with Gasteiger partial charge in [0.05, 0.1) is 13.7 Å². The molecule has 1 fully saturated rings. The van der Waals surface area contributed by atoms with Crippen LogP contribution < -0.4 is 20.7 Å². The minimum Gasteiger partial charge on any atom is -0.495 e. The zero-order valence-electron chi connectivity index (χ0n) is 9.40.